The summed E-state index contributed by atoms with van der Waals surface area (Å²) in [6.45, 7) is 0. The van der Waals surface area contributed by atoms with Crippen molar-refractivity contribution in [2.24, 2.45) is 0 Å². The first kappa shape index (κ1) is 14.5. The van der Waals surface area contributed by atoms with E-state index in [1.807, 2.05) is 0 Å². The van der Waals surface area contributed by atoms with E-state index in [0.29, 0.717) is 11.1 Å². The molecule has 2 aromatic carbocycles. The summed E-state index contributed by atoms with van der Waals surface area (Å²) in [5, 5.41) is 39.2. The first-order valence-corrected chi connectivity index (χ1v) is 5.75. The molecule has 2 rings (SSSR count). The second kappa shape index (κ2) is 5.60. The summed E-state index contributed by atoms with van der Waals surface area (Å²) in [5.41, 5.74) is -0.731. The van der Waals surface area contributed by atoms with Crippen LogP contribution in [-0.4, -0.2) is 9.85 Å². The van der Waals surface area contributed by atoms with Gasteiger partial charge in [-0.1, -0.05) is 0 Å². The molecule has 0 unspecified atom stereocenters. The molecule has 22 heavy (non-hydrogen) atoms. The molecule has 0 saturated heterocycles. The minimum atomic E-state index is -0.732. The monoisotopic (exact) mass is 298 g/mol. The number of hydrogen-bond acceptors (Lipinski definition) is 6. The summed E-state index contributed by atoms with van der Waals surface area (Å²) in [6.07, 6.45) is 0. The second-order valence-corrected chi connectivity index (χ2v) is 4.12. The van der Waals surface area contributed by atoms with E-state index in [0.717, 1.165) is 12.1 Å². The highest BCUT2D eigenvalue weighted by Gasteiger charge is 2.28. The lowest BCUT2D eigenvalue weighted by Gasteiger charge is -1.99. The van der Waals surface area contributed by atoms with E-state index >= 15 is 0 Å². The maximum atomic E-state index is 10.9. The Hall–Kier alpha value is -3.92. The van der Waals surface area contributed by atoms with Crippen LogP contribution in [0.25, 0.3) is 21.1 Å². The third kappa shape index (κ3) is 2.52. The first-order valence-electron chi connectivity index (χ1n) is 5.75. The third-order valence-corrected chi connectivity index (χ3v) is 2.89. The summed E-state index contributed by atoms with van der Waals surface area (Å²) in [5.74, 6) is 0. The fourth-order valence-corrected chi connectivity index (χ4v) is 1.87. The largest absolute Gasteiger partial charge is 0.461 e. The van der Waals surface area contributed by atoms with Crippen LogP contribution in [0.4, 0.5) is 22.7 Å². The minimum absolute atomic E-state index is 0.231. The summed E-state index contributed by atoms with van der Waals surface area (Å²) in [7, 11) is 0. The minimum Gasteiger partial charge on any atom is -0.258 e. The molecule has 0 atom stereocenters. The van der Waals surface area contributed by atoms with E-state index in [1.54, 1.807) is 0 Å². The van der Waals surface area contributed by atoms with E-state index in [1.165, 1.54) is 24.3 Å². The summed E-state index contributed by atoms with van der Waals surface area (Å²) in [6, 6.07) is 7.51. The lowest BCUT2D eigenvalue weighted by Crippen LogP contribution is -1.91. The maximum absolute atomic E-state index is 10.9. The SMILES string of the molecule is N#[N+]c1ccc(-c2ccc([N+]#N)c([N+](=O)[O-])c2)cc1[N+](=O)[O-]. The number of hydrogen-bond donors (Lipinski definition) is 0. The molecule has 0 bridgehead atoms. The van der Waals surface area contributed by atoms with Gasteiger partial charge >= 0.3 is 22.7 Å². The average molecular weight is 298 g/mol. The standard InChI is InChI=1S/C12H6N6O4/c13-15-9-3-1-7(5-11(9)17(19)20)8-2-4-10(16-14)12(6-8)18(21)22/h1-6H/q+2. The summed E-state index contributed by atoms with van der Waals surface area (Å²) < 4.78 is 0. The summed E-state index contributed by atoms with van der Waals surface area (Å²) in [4.78, 5) is 26.0. The van der Waals surface area contributed by atoms with Gasteiger partial charge in [-0.25, -0.2) is 0 Å². The molecule has 0 heterocycles. The van der Waals surface area contributed by atoms with Gasteiger partial charge in [0.1, 0.15) is 0 Å². The van der Waals surface area contributed by atoms with E-state index in [2.05, 4.69) is 9.95 Å². The van der Waals surface area contributed by atoms with Gasteiger partial charge in [0.05, 0.1) is 9.85 Å². The van der Waals surface area contributed by atoms with Crippen molar-refractivity contribution in [3.8, 4) is 11.1 Å². The van der Waals surface area contributed by atoms with Crippen molar-refractivity contribution >= 4 is 22.7 Å². The fourth-order valence-electron chi connectivity index (χ4n) is 1.87. The number of nitro benzene ring substituents is 2. The van der Waals surface area contributed by atoms with Crippen LogP contribution in [0.15, 0.2) is 36.4 Å². The highest BCUT2D eigenvalue weighted by Crippen LogP contribution is 2.36. The van der Waals surface area contributed by atoms with Crippen molar-refractivity contribution in [1.29, 1.82) is 10.8 Å². The molecule has 0 radical (unpaired) electrons. The van der Waals surface area contributed by atoms with Gasteiger partial charge in [-0.05, 0) is 23.3 Å². The van der Waals surface area contributed by atoms with Gasteiger partial charge < -0.3 is 0 Å². The molecule has 0 aliphatic carbocycles. The number of rotatable bonds is 3. The van der Waals surface area contributed by atoms with Crippen molar-refractivity contribution in [3.05, 3.63) is 66.6 Å². The van der Waals surface area contributed by atoms with Crippen LogP contribution in [-0.2, 0) is 0 Å². The quantitative estimate of drug-likeness (QED) is 0.473. The van der Waals surface area contributed by atoms with Crippen LogP contribution >= 0.6 is 0 Å². The molecule has 0 aliphatic heterocycles. The first-order chi connectivity index (χ1) is 10.5. The number of benzene rings is 2. The maximum Gasteiger partial charge on any atom is 0.461 e. The highest BCUT2D eigenvalue weighted by atomic mass is 16.6. The lowest BCUT2D eigenvalue weighted by atomic mass is 10.0. The van der Waals surface area contributed by atoms with Crippen molar-refractivity contribution in [2.45, 2.75) is 0 Å². The third-order valence-electron chi connectivity index (χ3n) is 2.89. The normalized spacial score (nSPS) is 9.55. The molecule has 106 valence electrons. The van der Waals surface area contributed by atoms with Crippen LogP contribution in [0.2, 0.25) is 0 Å². The van der Waals surface area contributed by atoms with Gasteiger partial charge in [-0.3, -0.25) is 20.2 Å². The Balaban J connectivity index is 2.63. The topological polar surface area (TPSA) is 143 Å². The molecule has 2 aromatic rings. The van der Waals surface area contributed by atoms with Crippen LogP contribution < -0.4 is 0 Å². The van der Waals surface area contributed by atoms with E-state index in [4.69, 9.17) is 10.8 Å². The van der Waals surface area contributed by atoms with E-state index in [-0.39, 0.29) is 11.4 Å². The molecule has 0 amide bonds. The molecule has 0 spiro atoms. The summed E-state index contributed by atoms with van der Waals surface area (Å²) >= 11 is 0. The number of nitro groups is 2. The highest BCUT2D eigenvalue weighted by molar-refractivity contribution is 5.77. The van der Waals surface area contributed by atoms with Crippen LogP contribution in [0.5, 0.6) is 0 Å². The molecule has 0 saturated carbocycles. The van der Waals surface area contributed by atoms with Crippen LogP contribution in [0, 0.1) is 31.0 Å². The Morgan fingerprint density at radius 2 is 1.14 bits per heavy atom. The van der Waals surface area contributed by atoms with Crippen molar-refractivity contribution < 1.29 is 9.85 Å². The number of diazo groups is 2. The smallest absolute Gasteiger partial charge is 0.258 e. The predicted molar refractivity (Wildman–Crippen MR) is 74.7 cm³/mol. The molecule has 0 fully saturated rings. The van der Waals surface area contributed by atoms with Gasteiger partial charge in [-0.15, -0.1) is 0 Å². The fraction of sp³-hybridized carbons (Fsp3) is 0. The van der Waals surface area contributed by atoms with Crippen LogP contribution in [0.1, 0.15) is 0 Å². The van der Waals surface area contributed by atoms with Crippen molar-refractivity contribution in [2.75, 3.05) is 0 Å². The van der Waals surface area contributed by atoms with Gasteiger partial charge in [0.25, 0.3) is 0 Å². The number of nitrogens with zero attached hydrogens (tertiary/aromatic N) is 6. The Morgan fingerprint density at radius 3 is 1.41 bits per heavy atom. The molecule has 10 heteroatoms. The molecule has 0 aromatic heterocycles. The Kier molecular flexibility index (Phi) is 3.69. The van der Waals surface area contributed by atoms with Gasteiger partial charge in [-0.2, -0.15) is 0 Å². The van der Waals surface area contributed by atoms with Gasteiger partial charge in [0.2, 0.25) is 10.8 Å². The van der Waals surface area contributed by atoms with Crippen molar-refractivity contribution in [3.63, 3.8) is 0 Å². The molecule has 0 aliphatic rings. The Bertz CT molecular complexity index is 807. The van der Waals surface area contributed by atoms with E-state index < -0.39 is 21.2 Å². The van der Waals surface area contributed by atoms with E-state index in [9.17, 15) is 20.2 Å². The zero-order valence-electron chi connectivity index (χ0n) is 10.8. The lowest BCUT2D eigenvalue weighted by molar-refractivity contribution is -0.384. The molecular weight excluding hydrogens is 292 g/mol. The zero-order valence-corrected chi connectivity index (χ0v) is 10.8. The average Bonchev–Trinajstić information content (AvgIpc) is 2.53. The Morgan fingerprint density at radius 1 is 0.773 bits per heavy atom. The van der Waals surface area contributed by atoms with Gasteiger partial charge in [0.15, 0.2) is 9.95 Å². The molecular formula is C12H6N6O4+2. The Labute approximate surface area is 122 Å². The van der Waals surface area contributed by atoms with Crippen LogP contribution in [0.3, 0.4) is 0 Å². The molecule has 0 N–H and O–H groups in total. The van der Waals surface area contributed by atoms with Crippen molar-refractivity contribution in [1.82, 2.24) is 0 Å². The molecule has 10 nitrogen and oxygen atoms in total. The second-order valence-electron chi connectivity index (χ2n) is 4.12. The predicted octanol–water partition coefficient (Wildman–Crippen LogP) is 4.14. The van der Waals surface area contributed by atoms with Gasteiger partial charge in [0, 0.05) is 24.3 Å². The zero-order chi connectivity index (χ0) is 16.3.